The molecule has 0 spiro atoms. The van der Waals surface area contributed by atoms with Crippen LogP contribution in [0.25, 0.3) is 5.69 Å². The van der Waals surface area contributed by atoms with E-state index in [1.54, 1.807) is 29.2 Å². The summed E-state index contributed by atoms with van der Waals surface area (Å²) < 4.78 is 20.6. The molecule has 0 aliphatic carbocycles. The van der Waals surface area contributed by atoms with Crippen LogP contribution in [0.1, 0.15) is 11.1 Å². The molecule has 0 saturated heterocycles. The van der Waals surface area contributed by atoms with Crippen molar-refractivity contribution in [3.63, 3.8) is 0 Å². The van der Waals surface area contributed by atoms with E-state index >= 15 is 0 Å². The van der Waals surface area contributed by atoms with Crippen LogP contribution in [0, 0.1) is 5.82 Å². The van der Waals surface area contributed by atoms with Crippen LogP contribution in [0.4, 0.5) is 4.39 Å². The van der Waals surface area contributed by atoms with Crippen molar-refractivity contribution >= 4 is 6.72 Å². The lowest BCUT2D eigenvalue weighted by Crippen LogP contribution is -2.08. The molecule has 2 N–H and O–H groups in total. The number of aliphatic imine (C=N–C) groups is 1. The molecule has 6 heteroatoms. The van der Waals surface area contributed by atoms with Gasteiger partial charge in [-0.25, -0.2) is 9.07 Å². The number of hydrogen-bond donors (Lipinski definition) is 1. The number of benzene rings is 1. The van der Waals surface area contributed by atoms with Crippen molar-refractivity contribution in [1.29, 1.82) is 0 Å². The highest BCUT2D eigenvalue weighted by atomic mass is 19.1. The molecule has 100 valence electrons. The van der Waals surface area contributed by atoms with E-state index in [0.717, 1.165) is 5.56 Å². The topological polar surface area (TPSA) is 65.4 Å². The molecule has 0 atom stereocenters. The van der Waals surface area contributed by atoms with E-state index in [9.17, 15) is 4.39 Å². The second-order valence-electron chi connectivity index (χ2n) is 3.96. The highest BCUT2D eigenvalue weighted by Gasteiger charge is 2.14. The van der Waals surface area contributed by atoms with E-state index in [4.69, 9.17) is 10.5 Å². The van der Waals surface area contributed by atoms with Crippen LogP contribution in [0.15, 0.2) is 29.5 Å². The Kier molecular flexibility index (Phi) is 3.91. The van der Waals surface area contributed by atoms with Crippen LogP contribution < -0.4 is 10.5 Å². The highest BCUT2D eigenvalue weighted by Crippen LogP contribution is 2.25. The van der Waals surface area contributed by atoms with Crippen LogP contribution in [-0.2, 0) is 13.1 Å². The third-order valence-electron chi connectivity index (χ3n) is 2.78. The highest BCUT2D eigenvalue weighted by molar-refractivity contribution is 5.47. The molecule has 1 aromatic heterocycles. The Labute approximate surface area is 110 Å². The third kappa shape index (κ3) is 2.48. The minimum atomic E-state index is -0.457. The molecular formula is C13H15FN4O. The molecule has 1 aromatic carbocycles. The van der Waals surface area contributed by atoms with E-state index in [1.807, 2.05) is 0 Å². The average Bonchev–Trinajstić information content (AvgIpc) is 2.87. The first-order valence-electron chi connectivity index (χ1n) is 5.73. The lowest BCUT2D eigenvalue weighted by Gasteiger charge is -2.11. The molecule has 0 aliphatic rings. The molecule has 1 heterocycles. The quantitative estimate of drug-likeness (QED) is 0.834. The lowest BCUT2D eigenvalue weighted by atomic mass is 10.1. The van der Waals surface area contributed by atoms with Gasteiger partial charge in [0.25, 0.3) is 0 Å². The van der Waals surface area contributed by atoms with Gasteiger partial charge in [0.15, 0.2) is 11.6 Å². The number of nitrogens with zero attached hydrogens (tertiary/aromatic N) is 3. The van der Waals surface area contributed by atoms with Crippen molar-refractivity contribution in [1.82, 2.24) is 9.78 Å². The zero-order chi connectivity index (χ0) is 13.8. The summed E-state index contributed by atoms with van der Waals surface area (Å²) in [5, 5.41) is 4.18. The Morgan fingerprint density at radius 1 is 1.53 bits per heavy atom. The van der Waals surface area contributed by atoms with Crippen LogP contribution in [0.2, 0.25) is 0 Å². The van der Waals surface area contributed by atoms with Crippen LogP contribution in [0.5, 0.6) is 5.75 Å². The predicted molar refractivity (Wildman–Crippen MR) is 71.2 cm³/mol. The van der Waals surface area contributed by atoms with Crippen molar-refractivity contribution in [2.45, 2.75) is 13.1 Å². The predicted octanol–water partition coefficient (Wildman–Crippen LogP) is 1.68. The fraction of sp³-hybridized carbons (Fsp3) is 0.231. The number of rotatable bonds is 5. The first-order chi connectivity index (χ1) is 9.21. The Balaban J connectivity index is 2.48. The van der Waals surface area contributed by atoms with Gasteiger partial charge in [-0.05, 0) is 18.9 Å². The largest absolute Gasteiger partial charge is 0.494 e. The van der Waals surface area contributed by atoms with E-state index in [2.05, 4.69) is 16.8 Å². The van der Waals surface area contributed by atoms with Gasteiger partial charge in [-0.15, -0.1) is 0 Å². The molecule has 0 radical (unpaired) electrons. The van der Waals surface area contributed by atoms with E-state index < -0.39 is 5.82 Å². The lowest BCUT2D eigenvalue weighted by molar-refractivity contribution is 0.384. The Morgan fingerprint density at radius 3 is 2.95 bits per heavy atom. The average molecular weight is 262 g/mol. The Hall–Kier alpha value is -2.21. The number of aromatic nitrogens is 2. The molecule has 19 heavy (non-hydrogen) atoms. The summed E-state index contributed by atoms with van der Waals surface area (Å²) in [6.07, 6.45) is 3.44. The summed E-state index contributed by atoms with van der Waals surface area (Å²) in [6, 6.07) is 3.28. The fourth-order valence-electron chi connectivity index (χ4n) is 1.86. The third-order valence-corrected chi connectivity index (χ3v) is 2.78. The van der Waals surface area contributed by atoms with Crippen LogP contribution >= 0.6 is 0 Å². The molecule has 2 rings (SSSR count). The van der Waals surface area contributed by atoms with Gasteiger partial charge in [0.05, 0.1) is 25.5 Å². The maximum atomic E-state index is 14.1. The number of halogens is 1. The van der Waals surface area contributed by atoms with Gasteiger partial charge in [0.1, 0.15) is 0 Å². The maximum Gasteiger partial charge on any atom is 0.171 e. The molecule has 2 aromatic rings. The maximum absolute atomic E-state index is 14.1. The number of methoxy groups -OCH3 is 1. The van der Waals surface area contributed by atoms with E-state index in [0.29, 0.717) is 17.8 Å². The van der Waals surface area contributed by atoms with Crippen LogP contribution in [0.3, 0.4) is 0 Å². The minimum Gasteiger partial charge on any atom is -0.494 e. The fourth-order valence-corrected chi connectivity index (χ4v) is 1.86. The van der Waals surface area contributed by atoms with Gasteiger partial charge in [0, 0.05) is 23.9 Å². The molecule has 0 amide bonds. The molecule has 0 unspecified atom stereocenters. The number of hydrogen-bond acceptors (Lipinski definition) is 4. The second kappa shape index (κ2) is 5.62. The van der Waals surface area contributed by atoms with Crippen molar-refractivity contribution in [3.8, 4) is 11.4 Å². The normalized spacial score (nSPS) is 10.5. The minimum absolute atomic E-state index is 0.0628. The number of nitrogens with two attached hydrogens (primary N) is 1. The van der Waals surface area contributed by atoms with Crippen molar-refractivity contribution in [2.75, 3.05) is 7.11 Å². The molecule has 0 saturated carbocycles. The summed E-state index contributed by atoms with van der Waals surface area (Å²) in [5.41, 5.74) is 7.47. The molecule has 0 aliphatic heterocycles. The van der Waals surface area contributed by atoms with Gasteiger partial charge in [-0.3, -0.25) is 4.99 Å². The van der Waals surface area contributed by atoms with Gasteiger partial charge in [0.2, 0.25) is 0 Å². The van der Waals surface area contributed by atoms with Gasteiger partial charge in [-0.2, -0.15) is 5.10 Å². The summed E-state index contributed by atoms with van der Waals surface area (Å²) in [7, 11) is 1.42. The standard InChI is InChI=1S/C13H15FN4O/c1-16-6-9-7-17-18(8-9)11-3-4-12(19-2)13(14)10(11)5-15/h3-4,7-8H,1,5-6,15H2,2H3. The Morgan fingerprint density at radius 2 is 2.32 bits per heavy atom. The molecule has 5 nitrogen and oxygen atoms in total. The first-order valence-corrected chi connectivity index (χ1v) is 5.73. The second-order valence-corrected chi connectivity index (χ2v) is 3.96. The zero-order valence-corrected chi connectivity index (χ0v) is 10.6. The summed E-state index contributed by atoms with van der Waals surface area (Å²) in [4.78, 5) is 3.78. The van der Waals surface area contributed by atoms with Crippen molar-refractivity contribution in [2.24, 2.45) is 10.7 Å². The SMILES string of the molecule is C=NCc1cnn(-c2ccc(OC)c(F)c2CN)c1. The molecule has 0 fully saturated rings. The molecular weight excluding hydrogens is 247 g/mol. The van der Waals surface area contributed by atoms with Gasteiger partial charge in [-0.1, -0.05) is 0 Å². The number of ether oxygens (including phenoxy) is 1. The van der Waals surface area contributed by atoms with Crippen molar-refractivity contribution in [3.05, 3.63) is 41.5 Å². The van der Waals surface area contributed by atoms with E-state index in [1.165, 1.54) is 7.11 Å². The Bertz CT molecular complexity index is 594. The van der Waals surface area contributed by atoms with E-state index in [-0.39, 0.29) is 12.3 Å². The monoisotopic (exact) mass is 262 g/mol. The van der Waals surface area contributed by atoms with Crippen molar-refractivity contribution < 1.29 is 9.13 Å². The zero-order valence-electron chi connectivity index (χ0n) is 10.6. The van der Waals surface area contributed by atoms with Crippen LogP contribution in [-0.4, -0.2) is 23.6 Å². The van der Waals surface area contributed by atoms with Gasteiger partial charge < -0.3 is 10.5 Å². The smallest absolute Gasteiger partial charge is 0.171 e. The summed E-state index contributed by atoms with van der Waals surface area (Å²) in [6.45, 7) is 3.96. The molecule has 0 bridgehead atoms. The summed E-state index contributed by atoms with van der Waals surface area (Å²) in [5.74, 6) is -0.286. The van der Waals surface area contributed by atoms with Gasteiger partial charge >= 0.3 is 0 Å². The first kappa shape index (κ1) is 13.2. The summed E-state index contributed by atoms with van der Waals surface area (Å²) >= 11 is 0.